The highest BCUT2D eigenvalue weighted by Gasteiger charge is 2.29. The maximum absolute atomic E-state index is 15.1. The van der Waals surface area contributed by atoms with Crippen molar-refractivity contribution in [2.45, 2.75) is 123 Å². The highest BCUT2D eigenvalue weighted by atomic mass is 19.2. The third kappa shape index (κ3) is 7.32. The second kappa shape index (κ2) is 13.9. The molecule has 0 nitrogen and oxygen atoms in total. The summed E-state index contributed by atoms with van der Waals surface area (Å²) in [5.74, 6) is 2.84. The summed E-state index contributed by atoms with van der Waals surface area (Å²) in [5.41, 5.74) is 2.04. The van der Waals surface area contributed by atoms with Gasteiger partial charge in [0.2, 0.25) is 0 Å². The molecule has 3 aliphatic carbocycles. The van der Waals surface area contributed by atoms with Gasteiger partial charge in [0, 0.05) is 5.56 Å². The van der Waals surface area contributed by atoms with E-state index in [1.165, 1.54) is 77.0 Å². The zero-order chi connectivity index (χ0) is 25.3. The van der Waals surface area contributed by atoms with Crippen LogP contribution in [0, 0.1) is 41.2 Å². The number of hydrogen-bond donors (Lipinski definition) is 0. The molecule has 2 heteroatoms. The van der Waals surface area contributed by atoms with Gasteiger partial charge in [0.05, 0.1) is 0 Å². The number of rotatable bonds is 10. The van der Waals surface area contributed by atoms with E-state index >= 15 is 4.39 Å². The van der Waals surface area contributed by atoms with Crippen LogP contribution >= 0.6 is 0 Å². The van der Waals surface area contributed by atoms with Crippen molar-refractivity contribution in [3.05, 3.63) is 53.1 Å². The fourth-order valence-electron chi connectivity index (χ4n) is 7.32. The molecule has 200 valence electrons. The van der Waals surface area contributed by atoms with E-state index in [9.17, 15) is 4.39 Å². The number of allylic oxidation sites excluding steroid dienone is 4. The van der Waals surface area contributed by atoms with E-state index in [1.54, 1.807) is 0 Å². The Kier molecular flexibility index (Phi) is 10.7. The topological polar surface area (TPSA) is 0 Å². The van der Waals surface area contributed by atoms with Crippen molar-refractivity contribution in [2.24, 2.45) is 29.6 Å². The molecule has 1 aromatic carbocycles. The Bertz CT molecular complexity index is 865. The van der Waals surface area contributed by atoms with E-state index < -0.39 is 11.6 Å². The molecular formula is C34H50F2. The number of aryl methyl sites for hydroxylation is 1. The first-order valence-electron chi connectivity index (χ1n) is 15.4. The molecule has 0 aromatic heterocycles. The monoisotopic (exact) mass is 496 g/mol. The Morgan fingerprint density at radius 1 is 0.833 bits per heavy atom. The molecule has 3 aliphatic rings. The largest absolute Gasteiger partial charge is 0.203 e. The second-order valence-electron chi connectivity index (χ2n) is 12.2. The van der Waals surface area contributed by atoms with Gasteiger partial charge < -0.3 is 0 Å². The van der Waals surface area contributed by atoms with Gasteiger partial charge in [-0.2, -0.15) is 0 Å². The van der Waals surface area contributed by atoms with Crippen LogP contribution < -0.4 is 0 Å². The van der Waals surface area contributed by atoms with Gasteiger partial charge in [-0.05, 0) is 111 Å². The van der Waals surface area contributed by atoms with Gasteiger partial charge in [-0.15, -0.1) is 0 Å². The molecule has 0 saturated heterocycles. The number of hydrogen-bond acceptors (Lipinski definition) is 0. The van der Waals surface area contributed by atoms with Gasteiger partial charge in [-0.25, -0.2) is 8.78 Å². The lowest BCUT2D eigenvalue weighted by molar-refractivity contribution is 0.192. The zero-order valence-corrected chi connectivity index (χ0v) is 23.1. The Balaban J connectivity index is 1.25. The van der Waals surface area contributed by atoms with Crippen LogP contribution in [0.25, 0.3) is 5.57 Å². The maximum atomic E-state index is 15.1. The molecule has 0 spiro atoms. The first kappa shape index (κ1) is 27.6. The normalized spacial score (nSPS) is 29.4. The molecule has 0 bridgehead atoms. The minimum absolute atomic E-state index is 0.500. The van der Waals surface area contributed by atoms with Crippen LogP contribution in [0.5, 0.6) is 0 Å². The average Bonchev–Trinajstić information content (AvgIpc) is 2.93. The van der Waals surface area contributed by atoms with E-state index in [4.69, 9.17) is 0 Å². The molecule has 1 unspecified atom stereocenters. The number of benzene rings is 1. The van der Waals surface area contributed by atoms with Gasteiger partial charge in [-0.1, -0.05) is 82.7 Å². The maximum Gasteiger partial charge on any atom is 0.166 e. The third-order valence-electron chi connectivity index (χ3n) is 9.94. The Morgan fingerprint density at radius 2 is 1.58 bits per heavy atom. The van der Waals surface area contributed by atoms with E-state index in [0.717, 1.165) is 54.9 Å². The SMILES string of the molecule is CCCCC1CCC(C=CCCc2ccc(C3=CCC(C4CCC(CC)CC4)CC3)c(F)c2F)CC1. The summed E-state index contributed by atoms with van der Waals surface area (Å²) < 4.78 is 30.0. The lowest BCUT2D eigenvalue weighted by Gasteiger charge is -2.35. The van der Waals surface area contributed by atoms with Crippen molar-refractivity contribution >= 4 is 5.57 Å². The van der Waals surface area contributed by atoms with Gasteiger partial charge in [0.15, 0.2) is 11.6 Å². The van der Waals surface area contributed by atoms with Crippen LogP contribution in [0.1, 0.15) is 128 Å². The lowest BCUT2D eigenvalue weighted by Crippen LogP contribution is -2.23. The highest BCUT2D eigenvalue weighted by Crippen LogP contribution is 2.42. The molecule has 2 saturated carbocycles. The molecule has 4 rings (SSSR count). The quantitative estimate of drug-likeness (QED) is 0.283. The van der Waals surface area contributed by atoms with Gasteiger partial charge in [0.1, 0.15) is 0 Å². The first-order valence-corrected chi connectivity index (χ1v) is 15.4. The van der Waals surface area contributed by atoms with Crippen molar-refractivity contribution in [2.75, 3.05) is 0 Å². The second-order valence-corrected chi connectivity index (χ2v) is 12.2. The van der Waals surface area contributed by atoms with E-state index in [-0.39, 0.29) is 0 Å². The predicted molar refractivity (Wildman–Crippen MR) is 150 cm³/mol. The fraction of sp³-hybridized carbons (Fsp3) is 0.706. The molecule has 0 N–H and O–H groups in total. The van der Waals surface area contributed by atoms with Crippen LogP contribution in [0.15, 0.2) is 30.4 Å². The zero-order valence-electron chi connectivity index (χ0n) is 23.1. The van der Waals surface area contributed by atoms with Crippen molar-refractivity contribution in [3.8, 4) is 0 Å². The molecular weight excluding hydrogens is 446 g/mol. The van der Waals surface area contributed by atoms with Crippen LogP contribution in [-0.4, -0.2) is 0 Å². The van der Waals surface area contributed by atoms with Crippen molar-refractivity contribution in [1.82, 2.24) is 0 Å². The number of unbranched alkanes of at least 4 members (excludes halogenated alkanes) is 1. The smallest absolute Gasteiger partial charge is 0.166 e. The molecule has 1 atom stereocenters. The van der Waals surface area contributed by atoms with Crippen molar-refractivity contribution in [1.29, 1.82) is 0 Å². The Morgan fingerprint density at radius 3 is 2.25 bits per heavy atom. The van der Waals surface area contributed by atoms with Crippen molar-refractivity contribution in [3.63, 3.8) is 0 Å². The minimum atomic E-state index is -0.630. The molecule has 1 aromatic rings. The van der Waals surface area contributed by atoms with Crippen LogP contribution in [0.2, 0.25) is 0 Å². The summed E-state index contributed by atoms with van der Waals surface area (Å²) in [5, 5.41) is 0. The average molecular weight is 497 g/mol. The standard InChI is InChI=1S/C34H50F2/c1-3-5-8-26-11-13-27(14-12-26)9-6-7-10-31-23-24-32(34(36)33(31)35)30-21-19-29(20-22-30)28-17-15-25(4-2)16-18-28/h6,9,21,23-29H,3-5,7-8,10-20,22H2,1-2H3. The third-order valence-corrected chi connectivity index (χ3v) is 9.94. The molecule has 36 heavy (non-hydrogen) atoms. The van der Waals surface area contributed by atoms with Gasteiger partial charge >= 0.3 is 0 Å². The summed E-state index contributed by atoms with van der Waals surface area (Å²) in [6.07, 6.45) is 27.3. The van der Waals surface area contributed by atoms with Crippen molar-refractivity contribution < 1.29 is 8.78 Å². The molecule has 0 radical (unpaired) electrons. The lowest BCUT2D eigenvalue weighted by atomic mass is 9.70. The van der Waals surface area contributed by atoms with E-state index in [2.05, 4.69) is 32.1 Å². The Labute approximate surface area is 220 Å². The first-order chi connectivity index (χ1) is 17.6. The van der Waals surface area contributed by atoms with Crippen LogP contribution in [-0.2, 0) is 6.42 Å². The van der Waals surface area contributed by atoms with Gasteiger partial charge in [0.25, 0.3) is 0 Å². The van der Waals surface area contributed by atoms with Gasteiger partial charge in [-0.3, -0.25) is 0 Å². The summed E-state index contributed by atoms with van der Waals surface area (Å²) in [4.78, 5) is 0. The number of halogens is 2. The minimum Gasteiger partial charge on any atom is -0.203 e. The van der Waals surface area contributed by atoms with E-state index in [1.807, 2.05) is 12.1 Å². The summed E-state index contributed by atoms with van der Waals surface area (Å²) >= 11 is 0. The fourth-order valence-corrected chi connectivity index (χ4v) is 7.32. The molecule has 0 aliphatic heterocycles. The molecule has 0 amide bonds. The predicted octanol–water partition coefficient (Wildman–Crippen LogP) is 10.9. The molecule has 0 heterocycles. The Hall–Kier alpha value is -1.44. The highest BCUT2D eigenvalue weighted by molar-refractivity contribution is 5.67. The van der Waals surface area contributed by atoms with Crippen LogP contribution in [0.4, 0.5) is 8.78 Å². The molecule has 2 fully saturated rings. The van der Waals surface area contributed by atoms with E-state index in [0.29, 0.717) is 23.5 Å². The van der Waals surface area contributed by atoms with Crippen LogP contribution in [0.3, 0.4) is 0 Å². The summed E-state index contributed by atoms with van der Waals surface area (Å²) in [6, 6.07) is 3.67. The summed E-state index contributed by atoms with van der Waals surface area (Å²) in [7, 11) is 0. The summed E-state index contributed by atoms with van der Waals surface area (Å²) in [6.45, 7) is 4.59.